The average molecular weight is 418 g/mol. The molecule has 2 aromatic rings. The Morgan fingerprint density at radius 2 is 2.03 bits per heavy atom. The number of benzene rings is 1. The second-order valence-electron chi connectivity index (χ2n) is 6.88. The van der Waals surface area contributed by atoms with Gasteiger partial charge in [0.1, 0.15) is 0 Å². The molecule has 31 heavy (non-hydrogen) atoms. The van der Waals surface area contributed by atoms with Gasteiger partial charge in [0, 0.05) is 41.4 Å². The van der Waals surface area contributed by atoms with Gasteiger partial charge in [-0.1, -0.05) is 24.8 Å². The molecule has 0 spiro atoms. The highest BCUT2D eigenvalue weighted by atomic mass is 16.5. The lowest BCUT2D eigenvalue weighted by Gasteiger charge is -2.08. The standard InChI is InChI=1S/C24H27N5O2/c1-6-17(4)28-24-26-15-21(23(29-24)27-18(5)13-16(3)25)20-10-8-9-19(14-20)11-12-22(30)31-7-2/h6,8-12,14-15,25H,1,7,13H2,2-5H3/b12-11+,25-16?,27-18?,28-17?. The van der Waals surface area contributed by atoms with Gasteiger partial charge >= 0.3 is 5.97 Å². The molecule has 0 bridgehead atoms. The fourth-order valence-corrected chi connectivity index (χ4v) is 2.68. The van der Waals surface area contributed by atoms with Crippen LogP contribution in [0.4, 0.5) is 11.8 Å². The van der Waals surface area contributed by atoms with E-state index in [2.05, 4.69) is 26.5 Å². The van der Waals surface area contributed by atoms with Crippen LogP contribution in [0, 0.1) is 5.41 Å². The topological polar surface area (TPSA) is 101 Å². The monoisotopic (exact) mass is 417 g/mol. The highest BCUT2D eigenvalue weighted by Gasteiger charge is 2.10. The van der Waals surface area contributed by atoms with Crippen LogP contribution in [0.25, 0.3) is 17.2 Å². The zero-order valence-electron chi connectivity index (χ0n) is 18.3. The molecule has 0 atom stereocenters. The van der Waals surface area contributed by atoms with Gasteiger partial charge in [0.15, 0.2) is 5.82 Å². The van der Waals surface area contributed by atoms with Crippen molar-refractivity contribution >= 4 is 40.9 Å². The van der Waals surface area contributed by atoms with Gasteiger partial charge in [0.2, 0.25) is 0 Å². The molecule has 0 saturated heterocycles. The first-order valence-corrected chi connectivity index (χ1v) is 9.90. The number of carbonyl (C=O) groups is 1. The Morgan fingerprint density at radius 1 is 1.26 bits per heavy atom. The van der Waals surface area contributed by atoms with Crippen molar-refractivity contribution in [2.45, 2.75) is 34.1 Å². The van der Waals surface area contributed by atoms with Crippen molar-refractivity contribution < 1.29 is 9.53 Å². The minimum absolute atomic E-state index is 0.289. The number of hydrogen-bond acceptors (Lipinski definition) is 7. The summed E-state index contributed by atoms with van der Waals surface area (Å²) >= 11 is 0. The van der Waals surface area contributed by atoms with E-state index in [0.29, 0.717) is 30.3 Å². The summed E-state index contributed by atoms with van der Waals surface area (Å²) in [6, 6.07) is 7.62. The lowest BCUT2D eigenvalue weighted by molar-refractivity contribution is -0.137. The van der Waals surface area contributed by atoms with Crippen molar-refractivity contribution in [2.75, 3.05) is 6.61 Å². The average Bonchev–Trinajstić information content (AvgIpc) is 2.72. The SMILES string of the molecule is C=CC(C)=Nc1ncc(-c2cccc(/C=C/C(=O)OCC)c2)c(N=C(C)CC(C)=N)n1. The maximum atomic E-state index is 11.6. The lowest BCUT2D eigenvalue weighted by Crippen LogP contribution is -1.99. The molecule has 0 saturated carbocycles. The second kappa shape index (κ2) is 11.4. The van der Waals surface area contributed by atoms with Crippen molar-refractivity contribution in [1.29, 1.82) is 5.41 Å². The molecule has 0 aliphatic heterocycles. The van der Waals surface area contributed by atoms with Crippen LogP contribution in [-0.4, -0.2) is 39.7 Å². The minimum Gasteiger partial charge on any atom is -0.463 e. The Morgan fingerprint density at radius 3 is 2.71 bits per heavy atom. The second-order valence-corrected chi connectivity index (χ2v) is 6.88. The van der Waals surface area contributed by atoms with Gasteiger partial charge in [0.25, 0.3) is 5.95 Å². The van der Waals surface area contributed by atoms with Gasteiger partial charge in [-0.15, -0.1) is 0 Å². The summed E-state index contributed by atoms with van der Waals surface area (Å²) in [5.74, 6) is 0.368. The number of esters is 1. The van der Waals surface area contributed by atoms with E-state index in [9.17, 15) is 4.79 Å². The molecule has 1 aromatic heterocycles. The molecule has 7 heteroatoms. The Hall–Kier alpha value is -3.74. The number of nitrogens with zero attached hydrogens (tertiary/aromatic N) is 4. The van der Waals surface area contributed by atoms with E-state index in [4.69, 9.17) is 10.1 Å². The Labute approximate surface area is 182 Å². The van der Waals surface area contributed by atoms with Crippen molar-refractivity contribution in [3.05, 3.63) is 54.8 Å². The van der Waals surface area contributed by atoms with Crippen LogP contribution in [0.2, 0.25) is 0 Å². The zero-order chi connectivity index (χ0) is 22.8. The molecule has 160 valence electrons. The summed E-state index contributed by atoms with van der Waals surface area (Å²) in [6.07, 6.45) is 6.85. The summed E-state index contributed by atoms with van der Waals surface area (Å²) in [4.78, 5) is 29.4. The first-order valence-electron chi connectivity index (χ1n) is 9.90. The Kier molecular flexibility index (Phi) is 8.69. The third kappa shape index (κ3) is 7.54. The number of carbonyl (C=O) groups excluding carboxylic acids is 1. The molecule has 7 nitrogen and oxygen atoms in total. The number of allylic oxidation sites excluding steroid dienone is 1. The highest BCUT2D eigenvalue weighted by Crippen LogP contribution is 2.30. The summed E-state index contributed by atoms with van der Waals surface area (Å²) in [6.45, 7) is 11.2. The zero-order valence-corrected chi connectivity index (χ0v) is 18.3. The molecule has 0 fully saturated rings. The van der Waals surface area contributed by atoms with Crippen molar-refractivity contribution in [2.24, 2.45) is 9.98 Å². The summed E-state index contributed by atoms with van der Waals surface area (Å²) in [5, 5.41) is 7.71. The summed E-state index contributed by atoms with van der Waals surface area (Å²) in [7, 11) is 0. The van der Waals surface area contributed by atoms with E-state index in [0.717, 1.165) is 22.4 Å². The van der Waals surface area contributed by atoms with Gasteiger partial charge in [-0.2, -0.15) is 4.98 Å². The van der Waals surface area contributed by atoms with Gasteiger partial charge in [-0.3, -0.25) is 0 Å². The molecule has 1 heterocycles. The normalized spacial score (nSPS) is 12.1. The third-order valence-electron chi connectivity index (χ3n) is 4.04. The van der Waals surface area contributed by atoms with Crippen LogP contribution in [0.5, 0.6) is 0 Å². The molecule has 0 amide bonds. The maximum Gasteiger partial charge on any atom is 0.330 e. The van der Waals surface area contributed by atoms with Gasteiger partial charge in [-0.05, 0) is 57.0 Å². The van der Waals surface area contributed by atoms with Crippen LogP contribution in [0.1, 0.15) is 39.7 Å². The van der Waals surface area contributed by atoms with Gasteiger partial charge in [0.05, 0.1) is 6.61 Å². The van der Waals surface area contributed by atoms with E-state index in [1.807, 2.05) is 38.1 Å². The Balaban J connectivity index is 2.51. The molecule has 0 aliphatic carbocycles. The fourth-order valence-electron chi connectivity index (χ4n) is 2.68. The number of aromatic nitrogens is 2. The smallest absolute Gasteiger partial charge is 0.330 e. The van der Waals surface area contributed by atoms with Crippen LogP contribution >= 0.6 is 0 Å². The molecule has 2 rings (SSSR count). The van der Waals surface area contributed by atoms with E-state index in [-0.39, 0.29) is 11.9 Å². The van der Waals surface area contributed by atoms with Crippen LogP contribution < -0.4 is 0 Å². The van der Waals surface area contributed by atoms with E-state index < -0.39 is 0 Å². The van der Waals surface area contributed by atoms with Gasteiger partial charge < -0.3 is 10.1 Å². The predicted molar refractivity (Wildman–Crippen MR) is 127 cm³/mol. The van der Waals surface area contributed by atoms with Crippen LogP contribution in [0.3, 0.4) is 0 Å². The van der Waals surface area contributed by atoms with Gasteiger partial charge in [-0.25, -0.2) is 19.8 Å². The number of aliphatic imine (C=N–C) groups is 2. The van der Waals surface area contributed by atoms with E-state index in [1.165, 1.54) is 6.08 Å². The summed E-state index contributed by atoms with van der Waals surface area (Å²) in [5.41, 5.74) is 4.38. The van der Waals surface area contributed by atoms with Crippen LogP contribution in [0.15, 0.2) is 59.2 Å². The van der Waals surface area contributed by atoms with Crippen LogP contribution in [-0.2, 0) is 9.53 Å². The van der Waals surface area contributed by atoms with Crippen molar-refractivity contribution in [3.8, 4) is 11.1 Å². The van der Waals surface area contributed by atoms with Crippen molar-refractivity contribution in [3.63, 3.8) is 0 Å². The molecule has 0 unspecified atom stereocenters. The maximum absolute atomic E-state index is 11.6. The lowest BCUT2D eigenvalue weighted by atomic mass is 10.0. The van der Waals surface area contributed by atoms with E-state index in [1.54, 1.807) is 32.2 Å². The minimum atomic E-state index is -0.390. The fraction of sp³-hybridized carbons (Fsp3) is 0.250. The third-order valence-corrected chi connectivity index (χ3v) is 4.04. The highest BCUT2D eigenvalue weighted by molar-refractivity contribution is 6.02. The van der Waals surface area contributed by atoms with Crippen molar-refractivity contribution in [1.82, 2.24) is 9.97 Å². The molecular weight excluding hydrogens is 390 g/mol. The number of hydrogen-bond donors (Lipinski definition) is 1. The molecule has 0 radical (unpaired) electrons. The first kappa shape index (κ1) is 23.5. The molecule has 1 aromatic carbocycles. The first-order chi connectivity index (χ1) is 14.8. The molecule has 1 N–H and O–H groups in total. The van der Waals surface area contributed by atoms with E-state index >= 15 is 0 Å². The molecule has 0 aliphatic rings. The summed E-state index contributed by atoms with van der Waals surface area (Å²) < 4.78 is 4.93. The Bertz CT molecular complexity index is 1070. The molecular formula is C24H27N5O2. The number of nitrogens with one attached hydrogen (secondary N) is 1. The predicted octanol–water partition coefficient (Wildman–Crippen LogP) is 5.52. The number of ether oxygens (including phenoxy) is 1. The quantitative estimate of drug-likeness (QED) is 0.330. The largest absolute Gasteiger partial charge is 0.463 e. The number of rotatable bonds is 9.